The van der Waals surface area contributed by atoms with Crippen molar-refractivity contribution in [3.05, 3.63) is 65.7 Å². The minimum atomic E-state index is -0.683. The molecule has 6 heteroatoms. The second kappa shape index (κ2) is 5.22. The Bertz CT molecular complexity index is 854. The van der Waals surface area contributed by atoms with Gasteiger partial charge in [-0.2, -0.15) is 5.10 Å². The number of hydrogen-bond acceptors (Lipinski definition) is 5. The Labute approximate surface area is 149 Å². The molecule has 1 spiro atoms. The van der Waals surface area contributed by atoms with Gasteiger partial charge in [0.1, 0.15) is 10.1 Å². The highest BCUT2D eigenvalue weighted by Crippen LogP contribution is 2.48. The van der Waals surface area contributed by atoms with Gasteiger partial charge in [-0.05, 0) is 11.6 Å². The van der Waals surface area contributed by atoms with E-state index in [1.165, 1.54) is 5.56 Å². The lowest BCUT2D eigenvalue weighted by atomic mass is 9.96. The number of nitrogens with one attached hydrogen (secondary N) is 1. The number of nitrogens with zero attached hydrogens (tertiary/aromatic N) is 2. The zero-order chi connectivity index (χ0) is 16.1. The maximum Gasteiger partial charge on any atom is 0.287 e. The summed E-state index contributed by atoms with van der Waals surface area (Å²) in [6.07, 6.45) is 0.866. The molecule has 3 aliphatic heterocycles. The van der Waals surface area contributed by atoms with Crippen molar-refractivity contribution in [1.29, 1.82) is 0 Å². The van der Waals surface area contributed by atoms with Crippen LogP contribution in [0.2, 0.25) is 0 Å². The van der Waals surface area contributed by atoms with Gasteiger partial charge in [-0.15, -0.1) is 0 Å². The molecule has 2 aromatic rings. The Kier molecular flexibility index (Phi) is 3.11. The van der Waals surface area contributed by atoms with Gasteiger partial charge in [-0.3, -0.25) is 0 Å². The zero-order valence-electron chi connectivity index (χ0n) is 12.8. The van der Waals surface area contributed by atoms with Gasteiger partial charge < -0.3 is 10.1 Å². The average Bonchev–Trinajstić information content (AvgIpc) is 3.22. The van der Waals surface area contributed by atoms with Gasteiger partial charge in [0.15, 0.2) is 0 Å². The highest BCUT2D eigenvalue weighted by atomic mass is 32.2. The van der Waals surface area contributed by atoms with Crippen LogP contribution < -0.4 is 10.1 Å². The van der Waals surface area contributed by atoms with Crippen LogP contribution in [0, 0.1) is 0 Å². The summed E-state index contributed by atoms with van der Waals surface area (Å²) in [7, 11) is 0. The first kappa shape index (κ1) is 14.3. The van der Waals surface area contributed by atoms with Crippen LogP contribution in [0.5, 0.6) is 5.75 Å². The van der Waals surface area contributed by atoms with Gasteiger partial charge in [0.2, 0.25) is 0 Å². The molecule has 120 valence electrons. The van der Waals surface area contributed by atoms with Crippen molar-refractivity contribution < 1.29 is 4.74 Å². The molecular formula is C18H15N3OS2. The molecule has 1 saturated heterocycles. The van der Waals surface area contributed by atoms with E-state index in [0.29, 0.717) is 0 Å². The molecule has 3 heterocycles. The van der Waals surface area contributed by atoms with Crippen molar-refractivity contribution in [2.24, 2.45) is 5.10 Å². The van der Waals surface area contributed by atoms with E-state index in [2.05, 4.69) is 34.6 Å². The molecular weight excluding hydrogens is 338 g/mol. The summed E-state index contributed by atoms with van der Waals surface area (Å²) in [6.45, 7) is 0. The Morgan fingerprint density at radius 3 is 2.75 bits per heavy atom. The Balaban J connectivity index is 1.62. The molecule has 24 heavy (non-hydrogen) atoms. The van der Waals surface area contributed by atoms with Gasteiger partial charge in [-0.1, -0.05) is 72.5 Å². The largest absolute Gasteiger partial charge is 0.447 e. The fraction of sp³-hybridized carbons (Fsp3) is 0.222. The van der Waals surface area contributed by atoms with Crippen molar-refractivity contribution >= 4 is 34.0 Å². The van der Waals surface area contributed by atoms with Crippen LogP contribution in [0.1, 0.15) is 23.6 Å². The van der Waals surface area contributed by atoms with E-state index in [0.717, 1.165) is 33.5 Å². The number of ether oxygens (including phenoxy) is 1. The molecule has 0 saturated carbocycles. The van der Waals surface area contributed by atoms with E-state index in [-0.39, 0.29) is 6.04 Å². The van der Waals surface area contributed by atoms with E-state index in [9.17, 15) is 0 Å². The zero-order valence-corrected chi connectivity index (χ0v) is 14.4. The van der Waals surface area contributed by atoms with Crippen molar-refractivity contribution in [2.45, 2.75) is 18.3 Å². The molecule has 0 aromatic heterocycles. The van der Waals surface area contributed by atoms with Crippen LogP contribution in [-0.4, -0.2) is 26.6 Å². The number of fused-ring (bicyclic) bond motifs is 4. The molecule has 1 fully saturated rings. The SMILES string of the molecule is S=C1N[C@]2(CS1)Oc1ccccc1[C@H]1CC(c3ccccc3)=NN12. The lowest BCUT2D eigenvalue weighted by molar-refractivity contribution is -0.109. The van der Waals surface area contributed by atoms with Gasteiger partial charge in [-0.25, -0.2) is 5.01 Å². The summed E-state index contributed by atoms with van der Waals surface area (Å²) in [4.78, 5) is 0. The molecule has 0 bridgehead atoms. The van der Waals surface area contributed by atoms with Gasteiger partial charge in [0.25, 0.3) is 5.85 Å². The van der Waals surface area contributed by atoms with Crippen molar-refractivity contribution in [2.75, 3.05) is 5.75 Å². The fourth-order valence-electron chi connectivity index (χ4n) is 3.54. The molecule has 0 radical (unpaired) electrons. The molecule has 2 atom stereocenters. The van der Waals surface area contributed by atoms with Crippen molar-refractivity contribution in [3.8, 4) is 5.75 Å². The molecule has 4 nitrogen and oxygen atoms in total. The van der Waals surface area contributed by atoms with Gasteiger partial charge in [0.05, 0.1) is 17.5 Å². The Hall–Kier alpha value is -2.05. The van der Waals surface area contributed by atoms with Crippen molar-refractivity contribution in [1.82, 2.24) is 10.3 Å². The third-order valence-corrected chi connectivity index (χ3v) is 6.00. The maximum atomic E-state index is 6.35. The van der Waals surface area contributed by atoms with E-state index < -0.39 is 5.85 Å². The third-order valence-electron chi connectivity index (χ3n) is 4.64. The van der Waals surface area contributed by atoms with Crippen LogP contribution in [0.25, 0.3) is 0 Å². The van der Waals surface area contributed by atoms with Crippen molar-refractivity contribution in [3.63, 3.8) is 0 Å². The van der Waals surface area contributed by atoms with Crippen LogP contribution in [0.15, 0.2) is 59.7 Å². The summed E-state index contributed by atoms with van der Waals surface area (Å²) in [5, 5.41) is 10.4. The van der Waals surface area contributed by atoms with Crippen LogP contribution in [0.4, 0.5) is 0 Å². The van der Waals surface area contributed by atoms with Gasteiger partial charge >= 0.3 is 0 Å². The van der Waals surface area contributed by atoms with Crippen LogP contribution in [0.3, 0.4) is 0 Å². The summed E-state index contributed by atoms with van der Waals surface area (Å²) < 4.78 is 7.11. The third kappa shape index (κ3) is 2.06. The number of thioether (sulfide) groups is 1. The number of para-hydroxylation sites is 1. The second-order valence-electron chi connectivity index (χ2n) is 6.10. The van der Waals surface area contributed by atoms with Crippen LogP contribution >= 0.6 is 24.0 Å². The Morgan fingerprint density at radius 1 is 1.17 bits per heavy atom. The smallest absolute Gasteiger partial charge is 0.287 e. The first-order chi connectivity index (χ1) is 11.8. The summed E-state index contributed by atoms with van der Waals surface area (Å²) >= 11 is 6.96. The minimum Gasteiger partial charge on any atom is -0.447 e. The number of hydrogen-bond donors (Lipinski definition) is 1. The van der Waals surface area contributed by atoms with Gasteiger partial charge in [0, 0.05) is 12.0 Å². The topological polar surface area (TPSA) is 36.9 Å². The first-order valence-corrected chi connectivity index (χ1v) is 9.30. The summed E-state index contributed by atoms with van der Waals surface area (Å²) in [5.41, 5.74) is 3.43. The lowest BCUT2D eigenvalue weighted by Crippen LogP contribution is -2.62. The number of hydrazone groups is 1. The molecule has 2 aromatic carbocycles. The Morgan fingerprint density at radius 2 is 1.96 bits per heavy atom. The average molecular weight is 353 g/mol. The first-order valence-electron chi connectivity index (χ1n) is 7.90. The molecule has 5 rings (SSSR count). The van der Waals surface area contributed by atoms with E-state index in [1.54, 1.807) is 11.8 Å². The molecule has 0 aliphatic carbocycles. The number of thiocarbonyl (C=S) groups is 1. The molecule has 0 amide bonds. The van der Waals surface area contributed by atoms with Crippen LogP contribution in [-0.2, 0) is 0 Å². The van der Waals surface area contributed by atoms with E-state index in [4.69, 9.17) is 22.1 Å². The fourth-order valence-corrected chi connectivity index (χ4v) is 4.70. The highest BCUT2D eigenvalue weighted by molar-refractivity contribution is 8.23. The number of benzene rings is 2. The minimum absolute atomic E-state index is 0.166. The predicted octanol–water partition coefficient (Wildman–Crippen LogP) is 3.51. The van der Waals surface area contributed by atoms with E-state index >= 15 is 0 Å². The highest BCUT2D eigenvalue weighted by Gasteiger charge is 2.53. The summed E-state index contributed by atoms with van der Waals surface area (Å²) in [5.74, 6) is 0.959. The summed E-state index contributed by atoms with van der Waals surface area (Å²) in [6, 6.07) is 18.7. The number of rotatable bonds is 1. The molecule has 1 N–H and O–H groups in total. The standard InChI is InChI=1S/C18H15N3OS2/c23-17-19-18(11-24-17)21-15(13-8-4-5-9-16(13)22-18)10-14(20-21)12-6-2-1-3-7-12/h1-9,15H,10-11H2,(H,19,23)/t15-,18+/m1/s1. The second-order valence-corrected chi connectivity index (χ2v) is 7.75. The molecule has 3 aliphatic rings. The monoisotopic (exact) mass is 353 g/mol. The molecule has 0 unspecified atom stereocenters. The van der Waals surface area contributed by atoms with E-state index in [1.807, 2.05) is 30.3 Å². The maximum absolute atomic E-state index is 6.35. The normalized spacial score (nSPS) is 27.3. The predicted molar refractivity (Wildman–Crippen MR) is 100 cm³/mol. The lowest BCUT2D eigenvalue weighted by Gasteiger charge is -2.44. The quantitative estimate of drug-likeness (QED) is 0.794.